The van der Waals surface area contributed by atoms with Crippen molar-refractivity contribution in [2.45, 2.75) is 19.5 Å². The zero-order valence-electron chi connectivity index (χ0n) is 20.3. The maximum atomic E-state index is 13.3. The average molecular weight is 492 g/mol. The molecule has 0 aliphatic carbocycles. The number of nitrogens with one attached hydrogen (secondary N) is 2. The normalized spacial score (nSPS) is 12.8. The number of anilines is 2. The van der Waals surface area contributed by atoms with Crippen LogP contribution in [0.2, 0.25) is 0 Å². The summed E-state index contributed by atoms with van der Waals surface area (Å²) in [4.78, 5) is 36.8. The molecule has 0 spiro atoms. The highest BCUT2D eigenvalue weighted by Gasteiger charge is 2.22. The van der Waals surface area contributed by atoms with Crippen molar-refractivity contribution >= 4 is 22.7 Å². The summed E-state index contributed by atoms with van der Waals surface area (Å²) >= 11 is 0. The number of aromatic nitrogens is 5. The summed E-state index contributed by atoms with van der Waals surface area (Å²) in [5.74, 6) is 1.97. The Hall–Kier alpha value is -4.79. The number of benzene rings is 1. The van der Waals surface area contributed by atoms with E-state index in [0.29, 0.717) is 53.5 Å². The lowest BCUT2D eigenvalue weighted by Crippen LogP contribution is -2.33. The molecule has 1 aromatic carbocycles. The van der Waals surface area contributed by atoms with Gasteiger partial charge in [0.1, 0.15) is 11.6 Å². The number of methoxy groups -OCH3 is 1. The van der Waals surface area contributed by atoms with E-state index in [1.165, 1.54) is 0 Å². The van der Waals surface area contributed by atoms with Crippen molar-refractivity contribution in [3.63, 3.8) is 0 Å². The van der Waals surface area contributed by atoms with Crippen LogP contribution >= 0.6 is 0 Å². The van der Waals surface area contributed by atoms with E-state index in [9.17, 15) is 4.79 Å². The monoisotopic (exact) mass is 491 g/mol. The van der Waals surface area contributed by atoms with Crippen LogP contribution in [0.1, 0.15) is 17.0 Å². The molecule has 0 saturated carbocycles. The molecule has 4 aromatic heterocycles. The highest BCUT2D eigenvalue weighted by molar-refractivity contribution is 5.94. The molecule has 0 fully saturated rings. The highest BCUT2D eigenvalue weighted by Crippen LogP contribution is 2.30. The Morgan fingerprint density at radius 1 is 1.03 bits per heavy atom. The molecule has 37 heavy (non-hydrogen) atoms. The van der Waals surface area contributed by atoms with Gasteiger partial charge in [0.15, 0.2) is 0 Å². The van der Waals surface area contributed by atoms with Crippen molar-refractivity contribution in [3.05, 3.63) is 100 Å². The first kappa shape index (κ1) is 22.7. The average Bonchev–Trinajstić information content (AvgIpc) is 2.96. The quantitative estimate of drug-likeness (QED) is 0.367. The van der Waals surface area contributed by atoms with E-state index < -0.39 is 0 Å². The van der Waals surface area contributed by atoms with E-state index in [0.717, 1.165) is 29.2 Å². The molecule has 6 rings (SSSR count). The molecule has 0 bridgehead atoms. The molecule has 0 unspecified atom stereocenters. The Balaban J connectivity index is 1.28. The second-order valence-corrected chi connectivity index (χ2v) is 8.82. The van der Waals surface area contributed by atoms with Crippen molar-refractivity contribution in [1.82, 2.24) is 24.9 Å². The van der Waals surface area contributed by atoms with Gasteiger partial charge in [0.2, 0.25) is 5.95 Å². The Morgan fingerprint density at radius 3 is 2.68 bits per heavy atom. The van der Waals surface area contributed by atoms with E-state index in [1.54, 1.807) is 25.6 Å². The van der Waals surface area contributed by atoms with Crippen molar-refractivity contribution in [3.8, 4) is 17.0 Å². The molecule has 0 atom stereocenters. The molecule has 184 valence electrons. The maximum Gasteiger partial charge on any atom is 0.260 e. The van der Waals surface area contributed by atoms with Gasteiger partial charge in [-0.3, -0.25) is 19.7 Å². The van der Waals surface area contributed by atoms with Crippen molar-refractivity contribution in [1.29, 1.82) is 0 Å². The minimum atomic E-state index is -0.207. The van der Waals surface area contributed by atoms with Crippen molar-refractivity contribution in [2.24, 2.45) is 0 Å². The van der Waals surface area contributed by atoms with Crippen LogP contribution in [0, 0.1) is 0 Å². The zero-order chi connectivity index (χ0) is 25.2. The second-order valence-electron chi connectivity index (χ2n) is 8.82. The zero-order valence-corrected chi connectivity index (χ0v) is 20.3. The summed E-state index contributed by atoms with van der Waals surface area (Å²) in [5, 5.41) is 3.84. The van der Waals surface area contributed by atoms with Gasteiger partial charge >= 0.3 is 0 Å². The number of H-pyrrole nitrogens is 1. The predicted octanol–water partition coefficient (Wildman–Crippen LogP) is 3.96. The van der Waals surface area contributed by atoms with E-state index in [2.05, 4.69) is 31.2 Å². The third kappa shape index (κ3) is 4.58. The van der Waals surface area contributed by atoms with Gasteiger partial charge in [-0.05, 0) is 42.0 Å². The molecule has 9 nitrogen and oxygen atoms in total. The number of aromatic amines is 1. The molecule has 1 aliphatic heterocycles. The van der Waals surface area contributed by atoms with Crippen LogP contribution in [-0.4, -0.2) is 38.6 Å². The Labute approximate surface area is 213 Å². The first-order valence-corrected chi connectivity index (χ1v) is 12.1. The minimum absolute atomic E-state index is 0.207. The van der Waals surface area contributed by atoms with Gasteiger partial charge in [0, 0.05) is 49.2 Å². The number of rotatable bonds is 6. The van der Waals surface area contributed by atoms with Gasteiger partial charge in [-0.1, -0.05) is 18.2 Å². The first-order chi connectivity index (χ1) is 18.2. The largest absolute Gasteiger partial charge is 0.497 e. The summed E-state index contributed by atoms with van der Waals surface area (Å²) in [7, 11) is 1.60. The molecule has 0 saturated heterocycles. The fraction of sp³-hybridized carbons (Fsp3) is 0.179. The third-order valence-electron chi connectivity index (χ3n) is 6.47. The van der Waals surface area contributed by atoms with Gasteiger partial charge in [0.25, 0.3) is 5.56 Å². The molecule has 1 aliphatic rings. The van der Waals surface area contributed by atoms with Crippen LogP contribution in [-0.2, 0) is 19.5 Å². The predicted molar refractivity (Wildman–Crippen MR) is 143 cm³/mol. The highest BCUT2D eigenvalue weighted by atomic mass is 16.5. The van der Waals surface area contributed by atoms with Crippen molar-refractivity contribution < 1.29 is 4.74 Å². The first-order valence-electron chi connectivity index (χ1n) is 12.1. The molecular formula is C28H25N7O2. The topological polar surface area (TPSA) is 109 Å². The lowest BCUT2D eigenvalue weighted by Gasteiger charge is -2.29. The summed E-state index contributed by atoms with van der Waals surface area (Å²) in [6, 6.07) is 19.1. The summed E-state index contributed by atoms with van der Waals surface area (Å²) in [6.07, 6.45) is 4.23. The Morgan fingerprint density at radius 2 is 1.89 bits per heavy atom. The number of nitrogens with zero attached hydrogens (tertiary/aromatic N) is 5. The van der Waals surface area contributed by atoms with Gasteiger partial charge < -0.3 is 15.0 Å². The molecule has 2 N–H and O–H groups in total. The minimum Gasteiger partial charge on any atom is -0.497 e. The van der Waals surface area contributed by atoms with Crippen LogP contribution in [0.5, 0.6) is 5.75 Å². The maximum absolute atomic E-state index is 13.3. The van der Waals surface area contributed by atoms with E-state index in [-0.39, 0.29) is 5.56 Å². The molecule has 5 aromatic rings. The summed E-state index contributed by atoms with van der Waals surface area (Å²) < 4.78 is 5.50. The number of pyridine rings is 3. The lowest BCUT2D eigenvalue weighted by atomic mass is 10.0. The fourth-order valence-electron chi connectivity index (χ4n) is 4.60. The van der Waals surface area contributed by atoms with Gasteiger partial charge in [-0.2, -0.15) is 0 Å². The SMILES string of the molecule is COc1cc(-c2ccccn2)c2c(=O)[nH]c(N3CCc4nc(NCc5ccccn5)ccc4C3)nc2c1. The molecule has 5 heterocycles. The second kappa shape index (κ2) is 9.69. The van der Waals surface area contributed by atoms with Gasteiger partial charge in [-0.15, -0.1) is 0 Å². The molecule has 9 heteroatoms. The lowest BCUT2D eigenvalue weighted by molar-refractivity contribution is 0.415. The Bertz CT molecular complexity index is 1620. The summed E-state index contributed by atoms with van der Waals surface area (Å²) in [6.45, 7) is 1.91. The molecular weight excluding hydrogens is 466 g/mol. The van der Waals surface area contributed by atoms with Crippen LogP contribution in [0.25, 0.3) is 22.2 Å². The standard InChI is InChI=1S/C28H25N7O2/c1-37-20-14-21(23-7-3-5-12-30-23)26-24(15-20)33-28(34-27(26)36)35-13-10-22-18(17-35)8-9-25(32-22)31-16-19-6-2-4-11-29-19/h2-9,11-12,14-15H,10,13,16-17H2,1H3,(H,31,32)(H,33,34,36). The van der Waals surface area contributed by atoms with Crippen LogP contribution < -0.4 is 20.5 Å². The van der Waals surface area contributed by atoms with E-state index in [4.69, 9.17) is 14.7 Å². The summed E-state index contributed by atoms with van der Waals surface area (Å²) in [5.41, 5.74) is 4.85. The molecule has 0 amide bonds. The van der Waals surface area contributed by atoms with Crippen molar-refractivity contribution in [2.75, 3.05) is 23.9 Å². The van der Waals surface area contributed by atoms with Gasteiger partial charge in [0.05, 0.1) is 35.9 Å². The van der Waals surface area contributed by atoms with Gasteiger partial charge in [-0.25, -0.2) is 9.97 Å². The number of ether oxygens (including phenoxy) is 1. The number of hydrogen-bond acceptors (Lipinski definition) is 8. The van der Waals surface area contributed by atoms with E-state index >= 15 is 0 Å². The van der Waals surface area contributed by atoms with Crippen LogP contribution in [0.15, 0.2) is 77.9 Å². The fourth-order valence-corrected chi connectivity index (χ4v) is 4.60. The van der Waals surface area contributed by atoms with Crippen LogP contribution in [0.4, 0.5) is 11.8 Å². The number of hydrogen-bond donors (Lipinski definition) is 2. The van der Waals surface area contributed by atoms with Crippen LogP contribution in [0.3, 0.4) is 0 Å². The smallest absolute Gasteiger partial charge is 0.260 e. The van der Waals surface area contributed by atoms with E-state index in [1.807, 2.05) is 48.5 Å². The third-order valence-corrected chi connectivity index (χ3v) is 6.47. The number of fused-ring (bicyclic) bond motifs is 2. The molecule has 0 radical (unpaired) electrons. The Kier molecular flexibility index (Phi) is 5.94.